The van der Waals surface area contributed by atoms with Crippen LogP contribution in [0.1, 0.15) is 5.56 Å². The number of aryl methyl sites for hydroxylation is 1. The topological polar surface area (TPSA) is 64.0 Å². The lowest BCUT2D eigenvalue weighted by molar-refractivity contribution is -0.113. The Morgan fingerprint density at radius 2 is 2.00 bits per heavy atom. The van der Waals surface area contributed by atoms with Gasteiger partial charge in [-0.05, 0) is 54.5 Å². The summed E-state index contributed by atoms with van der Waals surface area (Å²) in [6.07, 6.45) is 1.99. The predicted octanol–water partition coefficient (Wildman–Crippen LogP) is 5.21. The van der Waals surface area contributed by atoms with Crippen molar-refractivity contribution >= 4 is 56.7 Å². The summed E-state index contributed by atoms with van der Waals surface area (Å²) >= 11 is 4.26. The van der Waals surface area contributed by atoms with Gasteiger partial charge in [-0.15, -0.1) is 23.1 Å². The van der Waals surface area contributed by atoms with Crippen molar-refractivity contribution in [3.8, 4) is 5.69 Å². The third kappa shape index (κ3) is 4.30. The second-order valence-electron chi connectivity index (χ2n) is 6.53. The Morgan fingerprint density at radius 1 is 1.17 bits per heavy atom. The summed E-state index contributed by atoms with van der Waals surface area (Å²) in [7, 11) is 0. The van der Waals surface area contributed by atoms with Gasteiger partial charge in [0.2, 0.25) is 5.91 Å². The molecule has 0 aliphatic carbocycles. The lowest BCUT2D eigenvalue weighted by Crippen LogP contribution is -2.22. The summed E-state index contributed by atoms with van der Waals surface area (Å²) in [6.45, 7) is 1.96. The van der Waals surface area contributed by atoms with Crippen molar-refractivity contribution < 1.29 is 4.79 Å². The molecule has 2 aromatic heterocycles. The van der Waals surface area contributed by atoms with Gasteiger partial charge < -0.3 is 5.32 Å². The van der Waals surface area contributed by atoms with Crippen LogP contribution in [0.15, 0.2) is 74.8 Å². The van der Waals surface area contributed by atoms with E-state index in [4.69, 9.17) is 0 Å². The number of nitrogens with zero attached hydrogens (tertiary/aromatic N) is 2. The minimum absolute atomic E-state index is 0.111. The molecule has 0 bridgehead atoms. The fraction of sp³-hybridized carbons (Fsp3) is 0.136. The van der Waals surface area contributed by atoms with E-state index >= 15 is 0 Å². The number of anilines is 1. The number of benzene rings is 2. The van der Waals surface area contributed by atoms with Crippen LogP contribution in [-0.4, -0.2) is 27.5 Å². The van der Waals surface area contributed by atoms with Crippen LogP contribution in [0.5, 0.6) is 0 Å². The fourth-order valence-corrected chi connectivity index (χ4v) is 5.07. The van der Waals surface area contributed by atoms with Crippen molar-refractivity contribution in [1.82, 2.24) is 9.55 Å². The third-order valence-corrected chi connectivity index (χ3v) is 7.05. The zero-order chi connectivity index (χ0) is 21.1. The Morgan fingerprint density at radius 3 is 2.80 bits per heavy atom. The van der Waals surface area contributed by atoms with E-state index in [0.29, 0.717) is 15.4 Å². The highest BCUT2D eigenvalue weighted by Gasteiger charge is 2.16. The van der Waals surface area contributed by atoms with Gasteiger partial charge in [-0.25, -0.2) is 4.98 Å². The van der Waals surface area contributed by atoms with Crippen LogP contribution in [0.3, 0.4) is 0 Å². The van der Waals surface area contributed by atoms with Crippen LogP contribution in [0, 0.1) is 6.92 Å². The van der Waals surface area contributed by atoms with Gasteiger partial charge in [-0.1, -0.05) is 36.0 Å². The van der Waals surface area contributed by atoms with Gasteiger partial charge >= 0.3 is 0 Å². The van der Waals surface area contributed by atoms with Gasteiger partial charge in [0.15, 0.2) is 5.16 Å². The highest BCUT2D eigenvalue weighted by Crippen LogP contribution is 2.25. The molecule has 0 unspecified atom stereocenters. The average Bonchev–Trinajstić information content (AvgIpc) is 3.22. The molecule has 0 saturated carbocycles. The summed E-state index contributed by atoms with van der Waals surface area (Å²) in [5, 5.41) is 5.29. The SMILES string of the molecule is CSc1cccc(NC(=O)CSc2nc3ccsc3c(=O)n2-c2ccccc2C)c1. The van der Waals surface area contributed by atoms with Crippen LogP contribution in [0.25, 0.3) is 15.9 Å². The van der Waals surface area contributed by atoms with E-state index in [1.807, 2.05) is 73.2 Å². The van der Waals surface area contributed by atoms with Crippen molar-refractivity contribution in [2.24, 2.45) is 0 Å². The zero-order valence-electron chi connectivity index (χ0n) is 16.4. The maximum Gasteiger partial charge on any atom is 0.276 e. The molecular weight excluding hydrogens is 434 g/mol. The molecule has 2 aromatic carbocycles. The first kappa shape index (κ1) is 20.7. The van der Waals surface area contributed by atoms with Gasteiger partial charge in [0.25, 0.3) is 5.56 Å². The molecule has 8 heteroatoms. The van der Waals surface area contributed by atoms with Crippen molar-refractivity contribution in [1.29, 1.82) is 0 Å². The Bertz CT molecular complexity index is 1280. The van der Waals surface area contributed by atoms with E-state index in [1.54, 1.807) is 16.3 Å². The van der Waals surface area contributed by atoms with Crippen LogP contribution >= 0.6 is 34.9 Å². The van der Waals surface area contributed by atoms with Crippen LogP contribution in [-0.2, 0) is 4.79 Å². The molecule has 1 amide bonds. The standard InChI is InChI=1S/C22H19N3O2S3/c1-14-6-3-4-9-18(14)25-21(27)20-17(10-11-29-20)24-22(25)30-13-19(26)23-15-7-5-8-16(12-15)28-2/h3-12H,13H2,1-2H3,(H,23,26). The Kier molecular flexibility index (Phi) is 6.26. The largest absolute Gasteiger partial charge is 0.325 e. The number of thiophene rings is 1. The van der Waals surface area contributed by atoms with E-state index < -0.39 is 0 Å². The first-order chi connectivity index (χ1) is 14.6. The Balaban J connectivity index is 1.63. The van der Waals surface area contributed by atoms with E-state index in [9.17, 15) is 9.59 Å². The molecule has 0 radical (unpaired) electrons. The van der Waals surface area contributed by atoms with Gasteiger partial charge in [0, 0.05) is 10.6 Å². The van der Waals surface area contributed by atoms with E-state index in [0.717, 1.165) is 21.8 Å². The second-order valence-corrected chi connectivity index (χ2v) is 9.26. The zero-order valence-corrected chi connectivity index (χ0v) is 18.9. The maximum absolute atomic E-state index is 13.2. The van der Waals surface area contributed by atoms with Crippen LogP contribution in [0.4, 0.5) is 5.69 Å². The molecule has 5 nitrogen and oxygen atoms in total. The summed E-state index contributed by atoms with van der Waals surface area (Å²) in [5.74, 6) is 0.00605. The molecule has 0 aliphatic heterocycles. The van der Waals surface area contributed by atoms with Crippen molar-refractivity contribution in [3.05, 3.63) is 75.9 Å². The molecule has 0 fully saturated rings. The molecule has 0 aliphatic rings. The van der Waals surface area contributed by atoms with E-state index in [-0.39, 0.29) is 17.2 Å². The summed E-state index contributed by atoms with van der Waals surface area (Å²) < 4.78 is 2.22. The van der Waals surface area contributed by atoms with Crippen molar-refractivity contribution in [2.45, 2.75) is 17.0 Å². The predicted molar refractivity (Wildman–Crippen MR) is 128 cm³/mol. The highest BCUT2D eigenvalue weighted by atomic mass is 32.2. The smallest absolute Gasteiger partial charge is 0.276 e. The first-order valence-electron chi connectivity index (χ1n) is 9.20. The molecule has 4 aromatic rings. The minimum Gasteiger partial charge on any atom is -0.325 e. The molecule has 152 valence electrons. The average molecular weight is 454 g/mol. The summed E-state index contributed by atoms with van der Waals surface area (Å²) in [6, 6.07) is 17.2. The fourth-order valence-electron chi connectivity index (χ4n) is 3.04. The number of carbonyl (C=O) groups is 1. The number of amides is 1. The third-order valence-electron chi connectivity index (χ3n) is 4.49. The maximum atomic E-state index is 13.2. The molecule has 1 N–H and O–H groups in total. The van der Waals surface area contributed by atoms with Crippen LogP contribution < -0.4 is 10.9 Å². The second kappa shape index (κ2) is 9.07. The Labute approximate surface area is 186 Å². The minimum atomic E-state index is -0.144. The Hall–Kier alpha value is -2.55. The number of thioether (sulfide) groups is 2. The number of para-hydroxylation sites is 1. The normalized spacial score (nSPS) is 11.0. The first-order valence-corrected chi connectivity index (χ1v) is 12.3. The van der Waals surface area contributed by atoms with Crippen LogP contribution in [0.2, 0.25) is 0 Å². The van der Waals surface area contributed by atoms with E-state index in [1.165, 1.54) is 23.1 Å². The summed E-state index contributed by atoms with van der Waals surface area (Å²) in [4.78, 5) is 31.5. The molecule has 0 atom stereocenters. The lowest BCUT2D eigenvalue weighted by atomic mass is 10.2. The number of carbonyl (C=O) groups excluding carboxylic acids is 1. The van der Waals surface area contributed by atoms with Gasteiger partial charge in [-0.2, -0.15) is 0 Å². The van der Waals surface area contributed by atoms with Crippen molar-refractivity contribution in [3.63, 3.8) is 0 Å². The quantitative estimate of drug-likeness (QED) is 0.321. The number of aromatic nitrogens is 2. The number of nitrogens with one attached hydrogen (secondary N) is 1. The van der Waals surface area contributed by atoms with Gasteiger partial charge in [0.1, 0.15) is 4.70 Å². The highest BCUT2D eigenvalue weighted by molar-refractivity contribution is 7.99. The summed E-state index contributed by atoms with van der Waals surface area (Å²) in [5.41, 5.74) is 3.05. The molecular formula is C22H19N3O2S3. The molecule has 0 saturated heterocycles. The number of hydrogen-bond acceptors (Lipinski definition) is 6. The monoisotopic (exact) mass is 453 g/mol. The van der Waals surface area contributed by atoms with E-state index in [2.05, 4.69) is 10.3 Å². The molecule has 2 heterocycles. The molecule has 4 rings (SSSR count). The number of fused-ring (bicyclic) bond motifs is 1. The number of rotatable bonds is 6. The van der Waals surface area contributed by atoms with Gasteiger partial charge in [-0.3, -0.25) is 14.2 Å². The van der Waals surface area contributed by atoms with Crippen molar-refractivity contribution in [2.75, 3.05) is 17.3 Å². The number of hydrogen-bond donors (Lipinski definition) is 1. The lowest BCUT2D eigenvalue weighted by Gasteiger charge is -2.14. The molecule has 0 spiro atoms. The van der Waals surface area contributed by atoms with Gasteiger partial charge in [0.05, 0.1) is 17.0 Å². The molecule has 30 heavy (non-hydrogen) atoms.